The largest absolute Gasteiger partial charge is 0.481 e. The first-order valence-corrected chi connectivity index (χ1v) is 6.13. The summed E-state index contributed by atoms with van der Waals surface area (Å²) in [5.74, 6) is -1.21. The summed E-state index contributed by atoms with van der Waals surface area (Å²) in [6, 6.07) is 0. The Morgan fingerprint density at radius 1 is 1.53 bits per heavy atom. The summed E-state index contributed by atoms with van der Waals surface area (Å²) < 4.78 is 11.6. The fourth-order valence-corrected chi connectivity index (χ4v) is 2.93. The molecule has 0 saturated heterocycles. The molecule has 0 radical (unpaired) electrons. The van der Waals surface area contributed by atoms with Gasteiger partial charge in [0, 0.05) is 16.6 Å². The molecule has 1 aliphatic rings. The van der Waals surface area contributed by atoms with Gasteiger partial charge < -0.3 is 10.8 Å². The highest BCUT2D eigenvalue weighted by Crippen LogP contribution is 2.49. The van der Waals surface area contributed by atoms with Crippen molar-refractivity contribution in [3.8, 4) is 0 Å². The van der Waals surface area contributed by atoms with Gasteiger partial charge >= 0.3 is 5.97 Å². The van der Waals surface area contributed by atoms with E-state index in [4.69, 9.17) is 10.8 Å². The summed E-state index contributed by atoms with van der Waals surface area (Å²) in [5.41, 5.74) is 4.68. The third kappa shape index (κ3) is 3.30. The standard InChI is InChI=1S/C9H15NO4S/c1-6(8(10)13)15(14)5-9(2-3-9)4-7(11)12/h6H,2-5H2,1H3,(H2,10,13)(H,11,12). The first kappa shape index (κ1) is 12.2. The van der Waals surface area contributed by atoms with E-state index in [1.165, 1.54) is 6.92 Å². The fraction of sp³-hybridized carbons (Fsp3) is 0.778. The highest BCUT2D eigenvalue weighted by atomic mass is 32.2. The Hall–Kier alpha value is -0.910. The second-order valence-corrected chi connectivity index (χ2v) is 5.90. The van der Waals surface area contributed by atoms with Gasteiger partial charge in [-0.05, 0) is 25.2 Å². The molecule has 0 heterocycles. The Kier molecular flexibility index (Phi) is 3.49. The highest BCUT2D eigenvalue weighted by Gasteiger charge is 2.46. The van der Waals surface area contributed by atoms with E-state index in [0.717, 1.165) is 12.8 Å². The number of carbonyl (C=O) groups excluding carboxylic acids is 1. The van der Waals surface area contributed by atoms with Crippen molar-refractivity contribution in [3.63, 3.8) is 0 Å². The molecule has 0 aromatic carbocycles. The predicted octanol–water partition coefficient (Wildman–Crippen LogP) is -0.136. The molecule has 1 saturated carbocycles. The Labute approximate surface area is 90.5 Å². The smallest absolute Gasteiger partial charge is 0.303 e. The molecule has 0 aromatic heterocycles. The Bertz CT molecular complexity index is 311. The van der Waals surface area contributed by atoms with Crippen LogP contribution < -0.4 is 5.73 Å². The zero-order valence-corrected chi connectivity index (χ0v) is 9.38. The van der Waals surface area contributed by atoms with E-state index >= 15 is 0 Å². The minimum absolute atomic E-state index is 0.0320. The predicted molar refractivity (Wildman–Crippen MR) is 55.6 cm³/mol. The third-order valence-corrected chi connectivity index (χ3v) is 4.64. The lowest BCUT2D eigenvalue weighted by Crippen LogP contribution is -2.33. The van der Waals surface area contributed by atoms with Crippen LogP contribution in [0.2, 0.25) is 0 Å². The molecule has 0 spiro atoms. The van der Waals surface area contributed by atoms with Crippen molar-refractivity contribution in [1.29, 1.82) is 0 Å². The van der Waals surface area contributed by atoms with Crippen molar-refractivity contribution in [2.75, 3.05) is 5.75 Å². The van der Waals surface area contributed by atoms with Crippen LogP contribution in [0.5, 0.6) is 0 Å². The molecule has 1 fully saturated rings. The number of hydrogen-bond donors (Lipinski definition) is 2. The van der Waals surface area contributed by atoms with Crippen LogP contribution in [0.1, 0.15) is 26.2 Å². The number of nitrogens with two attached hydrogens (primary N) is 1. The third-order valence-electron chi connectivity index (χ3n) is 2.73. The highest BCUT2D eigenvalue weighted by molar-refractivity contribution is 7.86. The summed E-state index contributed by atoms with van der Waals surface area (Å²) in [6.07, 6.45) is 1.58. The number of carboxylic acids is 1. The number of carbonyl (C=O) groups is 2. The molecule has 2 unspecified atom stereocenters. The van der Waals surface area contributed by atoms with Gasteiger partial charge in [-0.15, -0.1) is 0 Å². The molecule has 2 atom stereocenters. The second kappa shape index (κ2) is 4.30. The quantitative estimate of drug-likeness (QED) is 0.667. The molecular weight excluding hydrogens is 218 g/mol. The molecule has 5 nitrogen and oxygen atoms in total. The van der Waals surface area contributed by atoms with Gasteiger partial charge in [-0.25, -0.2) is 0 Å². The summed E-state index contributed by atoms with van der Waals surface area (Å²) >= 11 is 0. The first-order valence-electron chi connectivity index (χ1n) is 4.75. The lowest BCUT2D eigenvalue weighted by Gasteiger charge is -2.14. The first-order chi connectivity index (χ1) is 6.86. The lowest BCUT2D eigenvalue weighted by molar-refractivity contribution is -0.138. The van der Waals surface area contributed by atoms with Crippen LogP contribution in [-0.4, -0.2) is 32.2 Å². The fourth-order valence-electron chi connectivity index (χ4n) is 1.43. The van der Waals surface area contributed by atoms with Gasteiger partial charge in [0.15, 0.2) is 0 Å². The van der Waals surface area contributed by atoms with Crippen molar-refractivity contribution in [3.05, 3.63) is 0 Å². The van der Waals surface area contributed by atoms with Crippen LogP contribution in [0, 0.1) is 5.41 Å². The number of carboxylic acid groups (broad SMARTS) is 1. The topological polar surface area (TPSA) is 97.5 Å². The molecule has 3 N–H and O–H groups in total. The molecule has 15 heavy (non-hydrogen) atoms. The maximum atomic E-state index is 11.6. The molecule has 0 aromatic rings. The van der Waals surface area contributed by atoms with E-state index in [0.29, 0.717) is 0 Å². The molecule has 0 bridgehead atoms. The Morgan fingerprint density at radius 2 is 2.07 bits per heavy atom. The van der Waals surface area contributed by atoms with Crippen LogP contribution in [-0.2, 0) is 20.4 Å². The molecule has 0 aliphatic heterocycles. The van der Waals surface area contributed by atoms with E-state index in [9.17, 15) is 13.8 Å². The van der Waals surface area contributed by atoms with Gasteiger partial charge in [0.2, 0.25) is 5.91 Å². The Balaban J connectivity index is 2.51. The van der Waals surface area contributed by atoms with Crippen LogP contribution in [0.25, 0.3) is 0 Å². The number of primary amides is 1. The van der Waals surface area contributed by atoms with Crippen molar-refractivity contribution in [1.82, 2.24) is 0 Å². The zero-order valence-electron chi connectivity index (χ0n) is 8.56. The van der Waals surface area contributed by atoms with Gasteiger partial charge in [-0.1, -0.05) is 0 Å². The summed E-state index contributed by atoms with van der Waals surface area (Å²) in [5, 5.41) is 7.96. The minimum atomic E-state index is -1.36. The normalized spacial score (nSPS) is 21.7. The SMILES string of the molecule is CC(C(N)=O)S(=O)CC1(CC(=O)O)CC1. The van der Waals surface area contributed by atoms with E-state index < -0.39 is 27.9 Å². The average molecular weight is 233 g/mol. The van der Waals surface area contributed by atoms with Gasteiger partial charge in [0.1, 0.15) is 5.25 Å². The van der Waals surface area contributed by atoms with Crippen LogP contribution in [0.3, 0.4) is 0 Å². The molecule has 6 heteroatoms. The minimum Gasteiger partial charge on any atom is -0.481 e. The van der Waals surface area contributed by atoms with Gasteiger partial charge in [0.05, 0.1) is 6.42 Å². The van der Waals surface area contributed by atoms with Gasteiger partial charge in [0.25, 0.3) is 0 Å². The van der Waals surface area contributed by atoms with E-state index in [1.54, 1.807) is 0 Å². The lowest BCUT2D eigenvalue weighted by atomic mass is 10.1. The summed E-state index contributed by atoms with van der Waals surface area (Å²) in [4.78, 5) is 21.3. The summed E-state index contributed by atoms with van der Waals surface area (Å²) in [7, 11) is -1.36. The monoisotopic (exact) mass is 233 g/mol. The van der Waals surface area contributed by atoms with Crippen molar-refractivity contribution < 1.29 is 18.9 Å². The second-order valence-electron chi connectivity index (χ2n) is 4.14. The maximum Gasteiger partial charge on any atom is 0.303 e. The molecule has 1 amide bonds. The van der Waals surface area contributed by atoms with Gasteiger partial charge in [-0.3, -0.25) is 13.8 Å². The number of amides is 1. The molecule has 1 aliphatic carbocycles. The number of rotatable bonds is 6. The van der Waals surface area contributed by atoms with Crippen molar-refractivity contribution in [2.24, 2.45) is 11.1 Å². The maximum absolute atomic E-state index is 11.6. The molecule has 86 valence electrons. The van der Waals surface area contributed by atoms with Crippen LogP contribution >= 0.6 is 0 Å². The van der Waals surface area contributed by atoms with Crippen molar-refractivity contribution in [2.45, 2.75) is 31.4 Å². The average Bonchev–Trinajstić information content (AvgIpc) is 2.81. The van der Waals surface area contributed by atoms with Crippen molar-refractivity contribution >= 4 is 22.7 Å². The molecular formula is C9H15NO4S. The van der Waals surface area contributed by atoms with E-state index in [2.05, 4.69) is 0 Å². The van der Waals surface area contributed by atoms with Crippen LogP contribution in [0.4, 0.5) is 0 Å². The van der Waals surface area contributed by atoms with Crippen LogP contribution in [0.15, 0.2) is 0 Å². The van der Waals surface area contributed by atoms with E-state index in [1.807, 2.05) is 0 Å². The number of hydrogen-bond acceptors (Lipinski definition) is 3. The zero-order chi connectivity index (χ0) is 11.6. The molecule has 1 rings (SSSR count). The Morgan fingerprint density at radius 3 is 2.40 bits per heavy atom. The van der Waals surface area contributed by atoms with E-state index in [-0.39, 0.29) is 17.6 Å². The van der Waals surface area contributed by atoms with Gasteiger partial charge in [-0.2, -0.15) is 0 Å². The number of aliphatic carboxylic acids is 1. The summed E-state index contributed by atoms with van der Waals surface area (Å²) in [6.45, 7) is 1.51.